The molecule has 1 fully saturated rings. The van der Waals surface area contributed by atoms with Gasteiger partial charge >= 0.3 is 0 Å². The van der Waals surface area contributed by atoms with E-state index in [1.807, 2.05) is 0 Å². The second kappa shape index (κ2) is 8.40. The number of likely N-dealkylation sites (tertiary alicyclic amines) is 1. The van der Waals surface area contributed by atoms with Gasteiger partial charge in [0.2, 0.25) is 0 Å². The van der Waals surface area contributed by atoms with E-state index in [4.69, 9.17) is 5.11 Å². The van der Waals surface area contributed by atoms with Gasteiger partial charge in [-0.2, -0.15) is 0 Å². The highest BCUT2D eigenvalue weighted by Crippen LogP contribution is 2.07. The molecule has 1 aromatic rings. The van der Waals surface area contributed by atoms with Gasteiger partial charge in [0.15, 0.2) is 0 Å². The SMILES string of the molecule is O=C(NCCCN1CCCC1)c1cncc(C#CCO)c1. The molecule has 0 aromatic carbocycles. The van der Waals surface area contributed by atoms with E-state index in [0.29, 0.717) is 17.7 Å². The molecule has 0 atom stereocenters. The first kappa shape index (κ1) is 15.5. The average molecular weight is 287 g/mol. The first-order valence-corrected chi connectivity index (χ1v) is 7.35. The molecule has 0 unspecified atom stereocenters. The number of pyridine rings is 1. The van der Waals surface area contributed by atoms with E-state index in [1.165, 1.54) is 32.1 Å². The fraction of sp³-hybridized carbons (Fsp3) is 0.500. The maximum absolute atomic E-state index is 12.0. The molecule has 1 aromatic heterocycles. The van der Waals surface area contributed by atoms with E-state index >= 15 is 0 Å². The van der Waals surface area contributed by atoms with Gasteiger partial charge in [0.1, 0.15) is 6.61 Å². The predicted octanol–water partition coefficient (Wildman–Crippen LogP) is 0.641. The highest BCUT2D eigenvalue weighted by Gasteiger charge is 2.11. The normalized spacial score (nSPS) is 14.5. The van der Waals surface area contributed by atoms with Crippen LogP contribution in [0.4, 0.5) is 0 Å². The Morgan fingerprint density at radius 3 is 2.95 bits per heavy atom. The number of nitrogens with zero attached hydrogens (tertiary/aromatic N) is 2. The van der Waals surface area contributed by atoms with E-state index in [2.05, 4.69) is 27.0 Å². The van der Waals surface area contributed by atoms with Crippen LogP contribution < -0.4 is 5.32 Å². The van der Waals surface area contributed by atoms with Gasteiger partial charge in [-0.15, -0.1) is 0 Å². The number of carbonyl (C=O) groups is 1. The third-order valence-corrected chi connectivity index (χ3v) is 3.45. The lowest BCUT2D eigenvalue weighted by molar-refractivity contribution is 0.0951. The van der Waals surface area contributed by atoms with Gasteiger partial charge in [0, 0.05) is 24.5 Å². The lowest BCUT2D eigenvalue weighted by Gasteiger charge is -2.14. The maximum Gasteiger partial charge on any atom is 0.252 e. The van der Waals surface area contributed by atoms with E-state index in [0.717, 1.165) is 13.0 Å². The molecule has 112 valence electrons. The second-order valence-corrected chi connectivity index (χ2v) is 5.08. The van der Waals surface area contributed by atoms with Crippen LogP contribution in [0.2, 0.25) is 0 Å². The number of aromatic nitrogens is 1. The number of amides is 1. The van der Waals surface area contributed by atoms with Crippen LogP contribution in [0.15, 0.2) is 18.5 Å². The van der Waals surface area contributed by atoms with Gasteiger partial charge in [0.25, 0.3) is 5.91 Å². The molecular weight excluding hydrogens is 266 g/mol. The summed E-state index contributed by atoms with van der Waals surface area (Å²) < 4.78 is 0. The summed E-state index contributed by atoms with van der Waals surface area (Å²) in [5, 5.41) is 11.6. The van der Waals surface area contributed by atoms with Crippen LogP contribution in [0.25, 0.3) is 0 Å². The third kappa shape index (κ3) is 5.18. The summed E-state index contributed by atoms with van der Waals surface area (Å²) in [6.45, 7) is 3.88. The van der Waals surface area contributed by atoms with E-state index < -0.39 is 0 Å². The van der Waals surface area contributed by atoms with Gasteiger partial charge in [-0.25, -0.2) is 0 Å². The van der Waals surface area contributed by atoms with Crippen molar-refractivity contribution in [2.45, 2.75) is 19.3 Å². The summed E-state index contributed by atoms with van der Waals surface area (Å²) in [4.78, 5) is 18.4. The number of aliphatic hydroxyl groups excluding tert-OH is 1. The summed E-state index contributed by atoms with van der Waals surface area (Å²) in [7, 11) is 0. The monoisotopic (exact) mass is 287 g/mol. The van der Waals surface area contributed by atoms with Crippen LogP contribution in [-0.4, -0.2) is 53.7 Å². The van der Waals surface area contributed by atoms with Crippen LogP contribution in [-0.2, 0) is 0 Å². The molecule has 2 heterocycles. The molecule has 0 saturated carbocycles. The zero-order chi connectivity index (χ0) is 14.9. The molecule has 2 rings (SSSR count). The number of aliphatic hydroxyl groups is 1. The van der Waals surface area contributed by atoms with Crippen molar-refractivity contribution in [3.05, 3.63) is 29.6 Å². The highest BCUT2D eigenvalue weighted by molar-refractivity contribution is 5.94. The summed E-state index contributed by atoms with van der Waals surface area (Å²) >= 11 is 0. The quantitative estimate of drug-likeness (QED) is 0.616. The Morgan fingerprint density at radius 2 is 2.19 bits per heavy atom. The van der Waals surface area contributed by atoms with Crippen LogP contribution in [0, 0.1) is 11.8 Å². The number of rotatable bonds is 5. The first-order valence-electron chi connectivity index (χ1n) is 7.35. The minimum Gasteiger partial charge on any atom is -0.384 e. The molecule has 0 spiro atoms. The Morgan fingerprint density at radius 1 is 1.38 bits per heavy atom. The molecule has 1 amide bonds. The fourth-order valence-electron chi connectivity index (χ4n) is 2.39. The van der Waals surface area contributed by atoms with Crippen LogP contribution >= 0.6 is 0 Å². The van der Waals surface area contributed by atoms with Crippen LogP contribution in [0.5, 0.6) is 0 Å². The zero-order valence-corrected chi connectivity index (χ0v) is 12.1. The average Bonchev–Trinajstić information content (AvgIpc) is 3.03. The van der Waals surface area contributed by atoms with Crippen molar-refractivity contribution in [2.24, 2.45) is 0 Å². The standard InChI is InChI=1S/C16H21N3O2/c20-10-3-5-14-11-15(13-17-12-14)16(21)18-6-4-9-19-7-1-2-8-19/h11-13,20H,1-2,4,6-10H2,(H,18,21). The predicted molar refractivity (Wildman–Crippen MR) is 80.8 cm³/mol. The van der Waals surface area contributed by atoms with Crippen molar-refractivity contribution in [1.29, 1.82) is 0 Å². The van der Waals surface area contributed by atoms with Gasteiger partial charge in [-0.1, -0.05) is 11.8 Å². The summed E-state index contributed by atoms with van der Waals surface area (Å²) in [6, 6.07) is 1.69. The van der Waals surface area contributed by atoms with Crippen molar-refractivity contribution >= 4 is 5.91 Å². The molecule has 5 heteroatoms. The van der Waals surface area contributed by atoms with Crippen molar-refractivity contribution in [2.75, 3.05) is 32.8 Å². The molecule has 5 nitrogen and oxygen atoms in total. The summed E-state index contributed by atoms with van der Waals surface area (Å²) in [6.07, 6.45) is 6.65. The molecular formula is C16H21N3O2. The number of hydrogen-bond acceptors (Lipinski definition) is 4. The molecule has 2 N–H and O–H groups in total. The minimum atomic E-state index is -0.201. The molecule has 1 aliphatic heterocycles. The molecule has 0 bridgehead atoms. The molecule has 1 saturated heterocycles. The molecule has 1 aliphatic rings. The smallest absolute Gasteiger partial charge is 0.252 e. The lowest BCUT2D eigenvalue weighted by Crippen LogP contribution is -2.28. The Labute approximate surface area is 125 Å². The van der Waals surface area contributed by atoms with Crippen LogP contribution in [0.1, 0.15) is 35.2 Å². The van der Waals surface area contributed by atoms with E-state index in [1.54, 1.807) is 12.3 Å². The van der Waals surface area contributed by atoms with Gasteiger partial charge < -0.3 is 15.3 Å². The van der Waals surface area contributed by atoms with Crippen molar-refractivity contribution in [3.63, 3.8) is 0 Å². The zero-order valence-electron chi connectivity index (χ0n) is 12.1. The van der Waals surface area contributed by atoms with Crippen molar-refractivity contribution < 1.29 is 9.90 Å². The highest BCUT2D eigenvalue weighted by atomic mass is 16.2. The summed E-state index contributed by atoms with van der Waals surface area (Å²) in [5.74, 6) is 5.16. The van der Waals surface area contributed by atoms with Crippen LogP contribution in [0.3, 0.4) is 0 Å². The molecule has 21 heavy (non-hydrogen) atoms. The third-order valence-electron chi connectivity index (χ3n) is 3.45. The number of hydrogen-bond donors (Lipinski definition) is 2. The number of nitrogens with one attached hydrogen (secondary N) is 1. The summed E-state index contributed by atoms with van der Waals surface area (Å²) in [5.41, 5.74) is 1.13. The van der Waals surface area contributed by atoms with Gasteiger partial charge in [0.05, 0.1) is 5.56 Å². The Balaban J connectivity index is 1.77. The Kier molecular flexibility index (Phi) is 6.20. The fourth-order valence-corrected chi connectivity index (χ4v) is 2.39. The topological polar surface area (TPSA) is 65.5 Å². The van der Waals surface area contributed by atoms with E-state index in [9.17, 15) is 4.79 Å². The minimum absolute atomic E-state index is 0.128. The lowest BCUT2D eigenvalue weighted by atomic mass is 10.2. The Bertz CT molecular complexity index is 528. The number of carbonyl (C=O) groups excluding carboxylic acids is 1. The van der Waals surface area contributed by atoms with Crippen molar-refractivity contribution in [1.82, 2.24) is 15.2 Å². The molecule has 0 aliphatic carbocycles. The van der Waals surface area contributed by atoms with Crippen molar-refractivity contribution in [3.8, 4) is 11.8 Å². The Hall–Kier alpha value is -1.90. The van der Waals surface area contributed by atoms with E-state index in [-0.39, 0.29) is 12.5 Å². The second-order valence-electron chi connectivity index (χ2n) is 5.08. The maximum atomic E-state index is 12.0. The van der Waals surface area contributed by atoms with Gasteiger partial charge in [-0.3, -0.25) is 9.78 Å². The molecule has 0 radical (unpaired) electrons. The largest absolute Gasteiger partial charge is 0.384 e. The van der Waals surface area contributed by atoms with Gasteiger partial charge in [-0.05, 0) is 45.0 Å². The first-order chi connectivity index (χ1) is 10.3.